The van der Waals surface area contributed by atoms with Gasteiger partial charge in [-0.05, 0) is 69.2 Å². The smallest absolute Gasteiger partial charge is 0.0379 e. The zero-order valence-electron chi connectivity index (χ0n) is 14.3. The molecule has 1 aliphatic rings. The number of nitrogens with zero attached hydrogens (tertiary/aromatic N) is 1. The van der Waals surface area contributed by atoms with Crippen LogP contribution in [0.1, 0.15) is 75.4 Å². The van der Waals surface area contributed by atoms with Gasteiger partial charge in [0.1, 0.15) is 0 Å². The summed E-state index contributed by atoms with van der Waals surface area (Å²) >= 11 is 0. The molecule has 1 atom stereocenters. The van der Waals surface area contributed by atoms with Gasteiger partial charge in [-0.25, -0.2) is 0 Å². The second-order valence-corrected chi connectivity index (χ2v) is 6.80. The molecular weight excluding hydrogens is 256 g/mol. The maximum atomic E-state index is 4.54. The lowest BCUT2D eigenvalue weighted by molar-refractivity contribution is 0.218. The van der Waals surface area contributed by atoms with Gasteiger partial charge in [-0.1, -0.05) is 33.1 Å². The molecule has 1 fully saturated rings. The molecule has 0 aliphatic heterocycles. The first-order valence-electron chi connectivity index (χ1n) is 8.82. The molecule has 2 rings (SSSR count). The summed E-state index contributed by atoms with van der Waals surface area (Å²) < 4.78 is 0. The molecule has 21 heavy (non-hydrogen) atoms. The van der Waals surface area contributed by atoms with Gasteiger partial charge in [0.25, 0.3) is 0 Å². The zero-order valence-corrected chi connectivity index (χ0v) is 14.3. The van der Waals surface area contributed by atoms with Gasteiger partial charge in [0.15, 0.2) is 0 Å². The molecule has 0 radical (unpaired) electrons. The molecular formula is C19H32N2. The van der Waals surface area contributed by atoms with E-state index in [-0.39, 0.29) is 0 Å². The standard InChI is InChI=1S/C19H32N2/c1-5-11-20-19(17-9-7-16(6-2)8-10-17)18-12-14(3)21-15(4)13-18/h12-13,16-17,19-20H,5-11H2,1-4H3. The minimum atomic E-state index is 0.517. The first-order valence-corrected chi connectivity index (χ1v) is 8.82. The Morgan fingerprint density at radius 2 is 1.71 bits per heavy atom. The van der Waals surface area contributed by atoms with E-state index in [1.807, 2.05) is 0 Å². The van der Waals surface area contributed by atoms with E-state index in [9.17, 15) is 0 Å². The molecule has 0 aromatic carbocycles. The van der Waals surface area contributed by atoms with Crippen LogP contribution in [0.5, 0.6) is 0 Å². The molecule has 0 amide bonds. The van der Waals surface area contributed by atoms with Crippen molar-refractivity contribution in [2.24, 2.45) is 11.8 Å². The van der Waals surface area contributed by atoms with Crippen molar-refractivity contribution in [3.8, 4) is 0 Å². The van der Waals surface area contributed by atoms with Gasteiger partial charge >= 0.3 is 0 Å². The van der Waals surface area contributed by atoms with E-state index in [0.717, 1.165) is 29.8 Å². The fourth-order valence-corrected chi connectivity index (χ4v) is 3.83. The lowest BCUT2D eigenvalue weighted by Crippen LogP contribution is -2.31. The molecule has 1 aromatic heterocycles. The van der Waals surface area contributed by atoms with E-state index in [4.69, 9.17) is 0 Å². The van der Waals surface area contributed by atoms with Gasteiger partial charge in [-0.15, -0.1) is 0 Å². The molecule has 0 spiro atoms. The van der Waals surface area contributed by atoms with Crippen molar-refractivity contribution in [2.75, 3.05) is 6.54 Å². The summed E-state index contributed by atoms with van der Waals surface area (Å²) in [7, 11) is 0. The van der Waals surface area contributed by atoms with Crippen molar-refractivity contribution >= 4 is 0 Å². The summed E-state index contributed by atoms with van der Waals surface area (Å²) in [5.74, 6) is 1.76. The van der Waals surface area contributed by atoms with Crippen LogP contribution in [0.3, 0.4) is 0 Å². The van der Waals surface area contributed by atoms with Crippen molar-refractivity contribution in [1.82, 2.24) is 10.3 Å². The van der Waals surface area contributed by atoms with Crippen LogP contribution in [0.2, 0.25) is 0 Å². The third kappa shape index (κ3) is 4.54. The SMILES string of the molecule is CCCNC(c1cc(C)nc(C)c1)C1CCC(CC)CC1. The zero-order chi connectivity index (χ0) is 15.2. The van der Waals surface area contributed by atoms with Crippen LogP contribution in [-0.2, 0) is 0 Å². The van der Waals surface area contributed by atoms with Crippen LogP contribution >= 0.6 is 0 Å². The molecule has 0 bridgehead atoms. The van der Waals surface area contributed by atoms with Crippen molar-refractivity contribution < 1.29 is 0 Å². The lowest BCUT2D eigenvalue weighted by Gasteiger charge is -2.34. The molecule has 1 aliphatic carbocycles. The molecule has 1 aromatic rings. The molecule has 1 N–H and O–H groups in total. The number of rotatable bonds is 6. The average molecular weight is 288 g/mol. The van der Waals surface area contributed by atoms with Gasteiger partial charge in [0, 0.05) is 17.4 Å². The maximum Gasteiger partial charge on any atom is 0.0379 e. The fraction of sp³-hybridized carbons (Fsp3) is 0.737. The van der Waals surface area contributed by atoms with Gasteiger partial charge < -0.3 is 5.32 Å². The monoisotopic (exact) mass is 288 g/mol. The Morgan fingerprint density at radius 1 is 1.10 bits per heavy atom. The van der Waals surface area contributed by atoms with Crippen molar-refractivity contribution in [3.05, 3.63) is 29.1 Å². The summed E-state index contributed by atoms with van der Waals surface area (Å²) in [5, 5.41) is 3.81. The number of pyridine rings is 1. The van der Waals surface area contributed by atoms with Crippen molar-refractivity contribution in [1.29, 1.82) is 0 Å². The van der Waals surface area contributed by atoms with Crippen LogP contribution < -0.4 is 5.32 Å². The first-order chi connectivity index (χ1) is 10.1. The summed E-state index contributed by atoms with van der Waals surface area (Å²) in [6.07, 6.45) is 8.13. The fourth-order valence-electron chi connectivity index (χ4n) is 3.83. The molecule has 2 heteroatoms. The normalized spacial score (nSPS) is 24.0. The van der Waals surface area contributed by atoms with E-state index in [1.54, 1.807) is 0 Å². The predicted octanol–water partition coefficient (Wildman–Crippen LogP) is 4.96. The van der Waals surface area contributed by atoms with Gasteiger partial charge in [0.2, 0.25) is 0 Å². The molecule has 1 heterocycles. The topological polar surface area (TPSA) is 24.9 Å². The number of aryl methyl sites for hydroxylation is 2. The maximum absolute atomic E-state index is 4.54. The van der Waals surface area contributed by atoms with Gasteiger partial charge in [0.05, 0.1) is 0 Å². The second kappa shape index (κ2) is 7.93. The number of nitrogens with one attached hydrogen (secondary N) is 1. The molecule has 2 nitrogen and oxygen atoms in total. The Labute approximate surface area is 130 Å². The Bertz CT molecular complexity index is 413. The van der Waals surface area contributed by atoms with Crippen LogP contribution in [0.15, 0.2) is 12.1 Å². The summed E-state index contributed by atoms with van der Waals surface area (Å²) in [6, 6.07) is 5.08. The third-order valence-electron chi connectivity index (χ3n) is 5.02. The highest BCUT2D eigenvalue weighted by molar-refractivity contribution is 5.24. The van der Waals surface area contributed by atoms with Crippen molar-refractivity contribution in [3.63, 3.8) is 0 Å². The minimum absolute atomic E-state index is 0.517. The summed E-state index contributed by atoms with van der Waals surface area (Å²) in [5.41, 5.74) is 3.75. The van der Waals surface area contributed by atoms with Crippen LogP contribution in [0.4, 0.5) is 0 Å². The van der Waals surface area contributed by atoms with Crippen molar-refractivity contribution in [2.45, 2.75) is 72.3 Å². The van der Waals surface area contributed by atoms with E-state index in [1.165, 1.54) is 44.1 Å². The quantitative estimate of drug-likeness (QED) is 0.800. The highest BCUT2D eigenvalue weighted by Crippen LogP contribution is 2.38. The molecule has 1 unspecified atom stereocenters. The van der Waals surface area contributed by atoms with Gasteiger partial charge in [-0.3, -0.25) is 4.98 Å². The first kappa shape index (κ1) is 16.5. The number of hydrogen-bond donors (Lipinski definition) is 1. The van der Waals surface area contributed by atoms with Crippen LogP contribution in [-0.4, -0.2) is 11.5 Å². The van der Waals surface area contributed by atoms with Gasteiger partial charge in [-0.2, -0.15) is 0 Å². The predicted molar refractivity (Wildman–Crippen MR) is 90.5 cm³/mol. The van der Waals surface area contributed by atoms with Crippen LogP contribution in [0, 0.1) is 25.7 Å². The highest BCUT2D eigenvalue weighted by Gasteiger charge is 2.28. The number of aromatic nitrogens is 1. The highest BCUT2D eigenvalue weighted by atomic mass is 14.9. The Kier molecular flexibility index (Phi) is 6.22. The lowest BCUT2D eigenvalue weighted by atomic mass is 9.76. The Hall–Kier alpha value is -0.890. The Morgan fingerprint density at radius 3 is 2.24 bits per heavy atom. The molecule has 1 saturated carbocycles. The Balaban J connectivity index is 2.14. The minimum Gasteiger partial charge on any atom is -0.310 e. The third-order valence-corrected chi connectivity index (χ3v) is 5.02. The summed E-state index contributed by atoms with van der Waals surface area (Å²) in [4.78, 5) is 4.54. The van der Waals surface area contributed by atoms with E-state index < -0.39 is 0 Å². The number of hydrogen-bond acceptors (Lipinski definition) is 2. The molecule has 118 valence electrons. The van der Waals surface area contributed by atoms with E-state index >= 15 is 0 Å². The average Bonchev–Trinajstić information content (AvgIpc) is 2.47. The largest absolute Gasteiger partial charge is 0.310 e. The summed E-state index contributed by atoms with van der Waals surface area (Å²) in [6.45, 7) is 9.93. The van der Waals surface area contributed by atoms with E-state index in [2.05, 4.69) is 50.1 Å². The molecule has 0 saturated heterocycles. The van der Waals surface area contributed by atoms with E-state index in [0.29, 0.717) is 6.04 Å². The van der Waals surface area contributed by atoms with Crippen LogP contribution in [0.25, 0.3) is 0 Å². The second-order valence-electron chi connectivity index (χ2n) is 6.80.